The van der Waals surface area contributed by atoms with Crippen molar-refractivity contribution in [3.8, 4) is 11.5 Å². The second-order valence-electron chi connectivity index (χ2n) is 4.88. The zero-order chi connectivity index (χ0) is 16.2. The highest BCUT2D eigenvalue weighted by Gasteiger charge is 2.27. The van der Waals surface area contributed by atoms with E-state index in [9.17, 15) is 9.59 Å². The van der Waals surface area contributed by atoms with Crippen LogP contribution < -0.4 is 14.8 Å². The van der Waals surface area contributed by atoms with Gasteiger partial charge in [0.25, 0.3) is 5.91 Å². The van der Waals surface area contributed by atoms with E-state index in [2.05, 4.69) is 15.6 Å². The van der Waals surface area contributed by atoms with Crippen LogP contribution in [0.15, 0.2) is 30.5 Å². The lowest BCUT2D eigenvalue weighted by molar-refractivity contribution is -0.138. The summed E-state index contributed by atoms with van der Waals surface area (Å²) in [7, 11) is 0. The molecule has 3 rings (SSSR count). The molecule has 2 N–H and O–H groups in total. The van der Waals surface area contributed by atoms with Gasteiger partial charge in [-0.25, -0.2) is 4.68 Å². The summed E-state index contributed by atoms with van der Waals surface area (Å²) in [6, 6.07) is 7.11. The van der Waals surface area contributed by atoms with E-state index in [0.29, 0.717) is 17.2 Å². The van der Waals surface area contributed by atoms with Gasteiger partial charge in [-0.2, -0.15) is 0 Å². The van der Waals surface area contributed by atoms with Gasteiger partial charge in [-0.3, -0.25) is 9.59 Å². The van der Waals surface area contributed by atoms with Crippen LogP contribution in [0, 0.1) is 0 Å². The van der Waals surface area contributed by atoms with Crippen LogP contribution in [0.1, 0.15) is 5.69 Å². The van der Waals surface area contributed by atoms with Crippen molar-refractivity contribution in [2.75, 3.05) is 6.61 Å². The van der Waals surface area contributed by atoms with E-state index in [1.807, 2.05) is 6.07 Å². The fourth-order valence-corrected chi connectivity index (χ4v) is 2.08. The summed E-state index contributed by atoms with van der Waals surface area (Å²) in [5, 5.41) is 18.8. The number of hydrogen-bond acceptors (Lipinski definition) is 6. The van der Waals surface area contributed by atoms with Gasteiger partial charge in [-0.15, -0.1) is 5.10 Å². The lowest BCUT2D eigenvalue weighted by Gasteiger charge is -2.25. The van der Waals surface area contributed by atoms with Crippen molar-refractivity contribution in [3.63, 3.8) is 0 Å². The molecular formula is C14H14N4O5. The van der Waals surface area contributed by atoms with Crippen molar-refractivity contribution < 1.29 is 24.2 Å². The quantitative estimate of drug-likeness (QED) is 0.785. The van der Waals surface area contributed by atoms with Crippen LogP contribution in [0.25, 0.3) is 0 Å². The number of aliphatic carboxylic acids is 1. The number of rotatable bonds is 5. The number of hydrogen-bond donors (Lipinski definition) is 2. The predicted molar refractivity (Wildman–Crippen MR) is 75.9 cm³/mol. The first-order valence-electron chi connectivity index (χ1n) is 6.89. The van der Waals surface area contributed by atoms with Gasteiger partial charge >= 0.3 is 5.97 Å². The van der Waals surface area contributed by atoms with Crippen molar-refractivity contribution in [3.05, 3.63) is 36.2 Å². The van der Waals surface area contributed by atoms with E-state index < -0.39 is 12.1 Å². The molecule has 0 bridgehead atoms. The minimum Gasteiger partial charge on any atom is -0.485 e. The molecule has 1 aliphatic heterocycles. The highest BCUT2D eigenvalue weighted by Crippen LogP contribution is 2.30. The molecule has 1 aliphatic rings. The monoisotopic (exact) mass is 318 g/mol. The van der Waals surface area contributed by atoms with E-state index in [0.717, 1.165) is 0 Å². The Morgan fingerprint density at radius 3 is 2.91 bits per heavy atom. The maximum atomic E-state index is 12.1. The third-order valence-corrected chi connectivity index (χ3v) is 3.13. The molecule has 0 spiro atoms. The first-order chi connectivity index (χ1) is 11.1. The van der Waals surface area contributed by atoms with E-state index in [-0.39, 0.29) is 25.6 Å². The Morgan fingerprint density at radius 2 is 2.13 bits per heavy atom. The van der Waals surface area contributed by atoms with Gasteiger partial charge in [0.15, 0.2) is 11.5 Å². The Morgan fingerprint density at radius 1 is 1.35 bits per heavy atom. The largest absolute Gasteiger partial charge is 0.485 e. The van der Waals surface area contributed by atoms with Crippen LogP contribution in [0.4, 0.5) is 0 Å². The molecule has 120 valence electrons. The van der Waals surface area contributed by atoms with E-state index in [1.54, 1.807) is 18.2 Å². The fraction of sp³-hybridized carbons (Fsp3) is 0.286. The normalized spacial score (nSPS) is 15.9. The van der Waals surface area contributed by atoms with Crippen LogP contribution in [0.3, 0.4) is 0 Å². The maximum absolute atomic E-state index is 12.1. The summed E-state index contributed by atoms with van der Waals surface area (Å²) in [4.78, 5) is 22.7. The first-order valence-corrected chi connectivity index (χ1v) is 6.89. The Kier molecular flexibility index (Phi) is 4.09. The maximum Gasteiger partial charge on any atom is 0.325 e. The van der Waals surface area contributed by atoms with Crippen LogP contribution in [-0.4, -0.2) is 44.7 Å². The molecule has 0 aliphatic carbocycles. The van der Waals surface area contributed by atoms with Gasteiger partial charge < -0.3 is 19.9 Å². The second-order valence-corrected chi connectivity index (χ2v) is 4.88. The first kappa shape index (κ1) is 14.8. The van der Waals surface area contributed by atoms with Crippen molar-refractivity contribution in [2.24, 2.45) is 0 Å². The zero-order valence-corrected chi connectivity index (χ0v) is 12.0. The summed E-state index contributed by atoms with van der Waals surface area (Å²) in [6.45, 7) is -0.0359. The number of benzene rings is 1. The molecule has 0 saturated carbocycles. The highest BCUT2D eigenvalue weighted by molar-refractivity contribution is 5.81. The smallest absolute Gasteiger partial charge is 0.325 e. The lowest BCUT2D eigenvalue weighted by Crippen LogP contribution is -2.43. The van der Waals surface area contributed by atoms with Crippen molar-refractivity contribution in [1.82, 2.24) is 20.3 Å². The molecule has 9 nitrogen and oxygen atoms in total. The number of nitrogens with one attached hydrogen (secondary N) is 1. The Hall–Kier alpha value is -3.10. The number of carboxylic acid groups (broad SMARTS) is 1. The van der Waals surface area contributed by atoms with Gasteiger partial charge in [0, 0.05) is 0 Å². The van der Waals surface area contributed by atoms with Crippen LogP contribution >= 0.6 is 0 Å². The summed E-state index contributed by atoms with van der Waals surface area (Å²) in [5.74, 6) is -0.233. The molecule has 0 radical (unpaired) electrons. The van der Waals surface area contributed by atoms with Crippen LogP contribution in [0.5, 0.6) is 11.5 Å². The van der Waals surface area contributed by atoms with Crippen LogP contribution in [-0.2, 0) is 22.7 Å². The van der Waals surface area contributed by atoms with E-state index in [4.69, 9.17) is 14.6 Å². The number of para-hydroxylation sites is 2. The lowest BCUT2D eigenvalue weighted by atomic mass is 10.2. The number of nitrogens with zero attached hydrogens (tertiary/aromatic N) is 3. The highest BCUT2D eigenvalue weighted by atomic mass is 16.6. The van der Waals surface area contributed by atoms with Gasteiger partial charge in [0.1, 0.15) is 18.8 Å². The van der Waals surface area contributed by atoms with Gasteiger partial charge in [0.05, 0.1) is 12.7 Å². The minimum atomic E-state index is -1.02. The molecular weight excluding hydrogens is 304 g/mol. The number of amides is 1. The molecule has 23 heavy (non-hydrogen) atoms. The molecule has 2 aromatic rings. The molecule has 1 aromatic carbocycles. The third-order valence-electron chi connectivity index (χ3n) is 3.13. The Balaban J connectivity index is 1.54. The molecule has 2 heterocycles. The average molecular weight is 318 g/mol. The number of carbonyl (C=O) groups excluding carboxylic acids is 1. The SMILES string of the molecule is O=C(O)Cn1cc(CNC(=O)C2COc3ccccc3O2)nn1. The minimum absolute atomic E-state index is 0.120. The number of carboxylic acids is 1. The predicted octanol–water partition coefficient (Wildman–Crippen LogP) is -0.181. The van der Waals surface area contributed by atoms with E-state index in [1.165, 1.54) is 10.9 Å². The Bertz CT molecular complexity index is 729. The molecule has 1 aromatic heterocycles. The summed E-state index contributed by atoms with van der Waals surface area (Å²) in [5.41, 5.74) is 0.455. The van der Waals surface area contributed by atoms with Gasteiger partial charge in [-0.1, -0.05) is 17.3 Å². The number of carbonyl (C=O) groups is 2. The third kappa shape index (κ3) is 3.57. The average Bonchev–Trinajstić information content (AvgIpc) is 2.98. The van der Waals surface area contributed by atoms with Crippen molar-refractivity contribution in [2.45, 2.75) is 19.2 Å². The molecule has 0 saturated heterocycles. The number of fused-ring (bicyclic) bond motifs is 1. The molecule has 0 fully saturated rings. The molecule has 1 unspecified atom stereocenters. The molecule has 9 heteroatoms. The van der Waals surface area contributed by atoms with Crippen LogP contribution in [0.2, 0.25) is 0 Å². The standard InChI is InChI=1S/C14H14N4O5/c19-13(20)7-18-6-9(16-17-18)5-15-14(21)12-8-22-10-3-1-2-4-11(10)23-12/h1-4,6,12H,5,7-8H2,(H,15,21)(H,19,20). The van der Waals surface area contributed by atoms with E-state index >= 15 is 0 Å². The van der Waals surface area contributed by atoms with Gasteiger partial charge in [0.2, 0.25) is 6.10 Å². The number of ether oxygens (including phenoxy) is 2. The zero-order valence-electron chi connectivity index (χ0n) is 12.0. The second kappa shape index (κ2) is 6.34. The van der Waals surface area contributed by atoms with Gasteiger partial charge in [-0.05, 0) is 12.1 Å². The number of aromatic nitrogens is 3. The summed E-state index contributed by atoms with van der Waals surface area (Å²) >= 11 is 0. The molecule has 1 atom stereocenters. The fourth-order valence-electron chi connectivity index (χ4n) is 2.08. The van der Waals surface area contributed by atoms with Crippen molar-refractivity contribution in [1.29, 1.82) is 0 Å². The summed E-state index contributed by atoms with van der Waals surface area (Å²) < 4.78 is 12.2. The molecule has 1 amide bonds. The Labute approximate surface area is 130 Å². The topological polar surface area (TPSA) is 116 Å². The summed E-state index contributed by atoms with van der Waals surface area (Å²) in [6.07, 6.45) is 0.709. The van der Waals surface area contributed by atoms with Crippen molar-refractivity contribution >= 4 is 11.9 Å².